The molecule has 1 aromatic carbocycles. The zero-order valence-electron chi connectivity index (χ0n) is 10.8. The quantitative estimate of drug-likeness (QED) is 0.860. The van der Waals surface area contributed by atoms with Crippen LogP contribution < -0.4 is 10.2 Å². The fraction of sp³-hybridized carbons (Fsp3) is 0.533. The molecule has 0 spiro atoms. The van der Waals surface area contributed by atoms with Crippen LogP contribution in [0.5, 0.6) is 0 Å². The van der Waals surface area contributed by atoms with Crippen LogP contribution in [0.25, 0.3) is 0 Å². The van der Waals surface area contributed by atoms with Crippen molar-refractivity contribution in [2.24, 2.45) is 11.8 Å². The molecule has 0 radical (unpaired) electrons. The summed E-state index contributed by atoms with van der Waals surface area (Å²) in [6.07, 6.45) is 1.16. The van der Waals surface area contributed by atoms with E-state index in [1.54, 1.807) is 0 Å². The summed E-state index contributed by atoms with van der Waals surface area (Å²) in [6.45, 7) is 5.61. The van der Waals surface area contributed by atoms with E-state index >= 15 is 0 Å². The third-order valence-corrected chi connectivity index (χ3v) is 4.47. The molecule has 1 N–H and O–H groups in total. The Kier molecular flexibility index (Phi) is 2.97. The lowest BCUT2D eigenvalue weighted by molar-refractivity contribution is 0.442. The number of hydrogen-bond acceptors (Lipinski definition) is 3. The number of rotatable bonds is 2. The highest BCUT2D eigenvalue weighted by Crippen LogP contribution is 2.38. The van der Waals surface area contributed by atoms with Gasteiger partial charge in [0.15, 0.2) is 0 Å². The summed E-state index contributed by atoms with van der Waals surface area (Å²) in [5.74, 6) is 1.50. The third kappa shape index (κ3) is 1.69. The maximum Gasteiger partial charge on any atom is 0.101 e. The molecule has 94 valence electrons. The lowest BCUT2D eigenvalue weighted by atomic mass is 9.93. The van der Waals surface area contributed by atoms with Crippen molar-refractivity contribution in [3.8, 4) is 6.07 Å². The molecule has 0 bridgehead atoms. The van der Waals surface area contributed by atoms with Crippen molar-refractivity contribution < 1.29 is 0 Å². The van der Waals surface area contributed by atoms with Gasteiger partial charge < -0.3 is 10.2 Å². The molecule has 0 saturated carbocycles. The van der Waals surface area contributed by atoms with E-state index in [0.29, 0.717) is 6.04 Å². The van der Waals surface area contributed by atoms with E-state index in [1.807, 2.05) is 18.2 Å². The average Bonchev–Trinajstić information content (AvgIpc) is 2.98. The standard InChI is InChI=1S/C15H19N3/c1-2-14-13-9-17-8-12(13)10-18(14)15-6-4-3-5-11(15)7-16/h3-6,12-14,17H,2,8-10H2,1H3. The van der Waals surface area contributed by atoms with Gasteiger partial charge in [-0.2, -0.15) is 5.26 Å². The fourth-order valence-electron chi connectivity index (χ4n) is 3.64. The molecule has 18 heavy (non-hydrogen) atoms. The molecule has 3 nitrogen and oxygen atoms in total. The van der Waals surface area contributed by atoms with Crippen molar-refractivity contribution in [3.05, 3.63) is 29.8 Å². The SMILES string of the molecule is CCC1C2CNCC2CN1c1ccccc1C#N. The molecule has 2 saturated heterocycles. The summed E-state index contributed by atoms with van der Waals surface area (Å²) in [5, 5.41) is 12.7. The van der Waals surface area contributed by atoms with Gasteiger partial charge in [0.1, 0.15) is 6.07 Å². The minimum atomic E-state index is 0.583. The van der Waals surface area contributed by atoms with Crippen molar-refractivity contribution >= 4 is 5.69 Å². The first-order valence-electron chi connectivity index (χ1n) is 6.81. The predicted octanol–water partition coefficient (Wildman–Crippen LogP) is 1.99. The summed E-state index contributed by atoms with van der Waals surface area (Å²) in [5.41, 5.74) is 1.94. The van der Waals surface area contributed by atoms with Gasteiger partial charge in [-0.25, -0.2) is 0 Å². The molecule has 2 aliphatic heterocycles. The van der Waals surface area contributed by atoms with Crippen LogP contribution in [-0.4, -0.2) is 25.7 Å². The summed E-state index contributed by atoms with van der Waals surface area (Å²) in [4.78, 5) is 2.47. The maximum atomic E-state index is 9.25. The average molecular weight is 241 g/mol. The molecule has 0 amide bonds. The van der Waals surface area contributed by atoms with E-state index < -0.39 is 0 Å². The molecule has 1 aromatic rings. The number of nitrogens with zero attached hydrogens (tertiary/aromatic N) is 2. The first-order valence-corrected chi connectivity index (χ1v) is 6.81. The third-order valence-electron chi connectivity index (χ3n) is 4.47. The highest BCUT2D eigenvalue weighted by atomic mass is 15.2. The Labute approximate surface area is 108 Å². The lowest BCUT2D eigenvalue weighted by Gasteiger charge is -2.29. The molecule has 2 heterocycles. The number of benzene rings is 1. The molecule has 3 unspecified atom stereocenters. The molecule has 3 atom stereocenters. The Morgan fingerprint density at radius 2 is 2.22 bits per heavy atom. The van der Waals surface area contributed by atoms with Crippen LogP contribution in [0.4, 0.5) is 5.69 Å². The second-order valence-electron chi connectivity index (χ2n) is 5.34. The van der Waals surface area contributed by atoms with Gasteiger partial charge in [-0.05, 0) is 30.4 Å². The number of nitrogens with one attached hydrogen (secondary N) is 1. The van der Waals surface area contributed by atoms with E-state index in [4.69, 9.17) is 0 Å². The number of para-hydroxylation sites is 1. The first-order chi connectivity index (χ1) is 8.85. The van der Waals surface area contributed by atoms with Crippen LogP contribution in [0.15, 0.2) is 24.3 Å². The van der Waals surface area contributed by atoms with Crippen LogP contribution in [0.2, 0.25) is 0 Å². The Bertz CT molecular complexity index is 477. The van der Waals surface area contributed by atoms with Crippen LogP contribution >= 0.6 is 0 Å². The highest BCUT2D eigenvalue weighted by Gasteiger charge is 2.43. The number of nitriles is 1. The van der Waals surface area contributed by atoms with Crippen molar-refractivity contribution in [2.45, 2.75) is 19.4 Å². The smallest absolute Gasteiger partial charge is 0.101 e. The molecule has 3 heteroatoms. The minimum absolute atomic E-state index is 0.583. The lowest BCUT2D eigenvalue weighted by Crippen LogP contribution is -2.35. The summed E-state index contributed by atoms with van der Waals surface area (Å²) < 4.78 is 0. The van der Waals surface area contributed by atoms with Crippen LogP contribution in [0.1, 0.15) is 18.9 Å². The second kappa shape index (κ2) is 4.62. The van der Waals surface area contributed by atoms with Gasteiger partial charge >= 0.3 is 0 Å². The predicted molar refractivity (Wildman–Crippen MR) is 72.4 cm³/mol. The normalized spacial score (nSPS) is 30.2. The zero-order valence-corrected chi connectivity index (χ0v) is 10.8. The molecule has 2 fully saturated rings. The van der Waals surface area contributed by atoms with Gasteiger partial charge in [-0.1, -0.05) is 19.1 Å². The van der Waals surface area contributed by atoms with E-state index in [1.165, 1.54) is 0 Å². The van der Waals surface area contributed by atoms with Gasteiger partial charge in [0.05, 0.1) is 11.3 Å². The van der Waals surface area contributed by atoms with E-state index in [-0.39, 0.29) is 0 Å². The molecule has 2 aliphatic rings. The molecule has 0 aromatic heterocycles. The van der Waals surface area contributed by atoms with Crippen molar-refractivity contribution in [3.63, 3.8) is 0 Å². The van der Waals surface area contributed by atoms with E-state index in [0.717, 1.165) is 49.1 Å². The zero-order chi connectivity index (χ0) is 12.5. The Morgan fingerprint density at radius 1 is 1.39 bits per heavy atom. The van der Waals surface area contributed by atoms with Gasteiger partial charge in [0.2, 0.25) is 0 Å². The van der Waals surface area contributed by atoms with Crippen LogP contribution in [0.3, 0.4) is 0 Å². The topological polar surface area (TPSA) is 39.1 Å². The van der Waals surface area contributed by atoms with Crippen molar-refractivity contribution in [1.29, 1.82) is 5.26 Å². The highest BCUT2D eigenvalue weighted by molar-refractivity contribution is 5.60. The first kappa shape index (κ1) is 11.6. The number of hydrogen-bond donors (Lipinski definition) is 1. The van der Waals surface area contributed by atoms with Gasteiger partial charge in [0, 0.05) is 25.7 Å². The van der Waals surface area contributed by atoms with E-state index in [2.05, 4.69) is 29.3 Å². The van der Waals surface area contributed by atoms with Gasteiger partial charge in [-0.3, -0.25) is 0 Å². The fourth-order valence-corrected chi connectivity index (χ4v) is 3.64. The number of fused-ring (bicyclic) bond motifs is 1. The minimum Gasteiger partial charge on any atom is -0.367 e. The summed E-state index contributed by atoms with van der Waals surface area (Å²) in [7, 11) is 0. The largest absolute Gasteiger partial charge is 0.367 e. The second-order valence-corrected chi connectivity index (χ2v) is 5.34. The number of anilines is 1. The summed E-state index contributed by atoms with van der Waals surface area (Å²) in [6, 6.07) is 10.9. The maximum absolute atomic E-state index is 9.25. The van der Waals surface area contributed by atoms with Crippen molar-refractivity contribution in [1.82, 2.24) is 5.32 Å². The Morgan fingerprint density at radius 3 is 3.00 bits per heavy atom. The van der Waals surface area contributed by atoms with Gasteiger partial charge in [-0.15, -0.1) is 0 Å². The molecular formula is C15H19N3. The monoisotopic (exact) mass is 241 g/mol. The van der Waals surface area contributed by atoms with Crippen LogP contribution in [0, 0.1) is 23.2 Å². The summed E-state index contributed by atoms with van der Waals surface area (Å²) >= 11 is 0. The van der Waals surface area contributed by atoms with Gasteiger partial charge in [0.25, 0.3) is 0 Å². The Hall–Kier alpha value is -1.53. The molecule has 3 rings (SSSR count). The Balaban J connectivity index is 1.95. The van der Waals surface area contributed by atoms with Crippen molar-refractivity contribution in [2.75, 3.05) is 24.5 Å². The molecule has 0 aliphatic carbocycles. The van der Waals surface area contributed by atoms with Crippen LogP contribution in [-0.2, 0) is 0 Å². The van der Waals surface area contributed by atoms with E-state index in [9.17, 15) is 5.26 Å². The molecular weight excluding hydrogens is 222 g/mol.